The lowest BCUT2D eigenvalue weighted by atomic mass is 9.78. The number of aromatic nitrogens is 3. The van der Waals surface area contributed by atoms with Crippen LogP contribution in [0.4, 0.5) is 0 Å². The van der Waals surface area contributed by atoms with Crippen molar-refractivity contribution in [1.29, 1.82) is 0 Å². The van der Waals surface area contributed by atoms with Crippen LogP contribution in [0.25, 0.3) is 105 Å². The summed E-state index contributed by atoms with van der Waals surface area (Å²) in [6, 6.07) is 47.2. The number of furan rings is 1. The molecule has 12 rings (SSSR count). The summed E-state index contributed by atoms with van der Waals surface area (Å²) in [6.45, 7) is 0. The van der Waals surface area contributed by atoms with Gasteiger partial charge in [0.15, 0.2) is 17.5 Å². The average molecular weight is 736 g/mol. The molecule has 0 N–H and O–H groups in total. The van der Waals surface area contributed by atoms with E-state index in [9.17, 15) is 0 Å². The van der Waals surface area contributed by atoms with Crippen LogP contribution in [-0.2, 0) is 12.8 Å². The van der Waals surface area contributed by atoms with E-state index in [2.05, 4.69) is 121 Å². The van der Waals surface area contributed by atoms with Gasteiger partial charge in [0.05, 0.1) is 0 Å². The fraction of sp³-hybridized carbons (Fsp3) is 0.0784. The second-order valence-electron chi connectivity index (χ2n) is 14.9. The van der Waals surface area contributed by atoms with Gasteiger partial charge in [0.25, 0.3) is 0 Å². The van der Waals surface area contributed by atoms with Gasteiger partial charge in [-0.25, -0.2) is 15.0 Å². The molecule has 0 saturated carbocycles. The Hall–Kier alpha value is -6.69. The molecule has 5 heteroatoms. The van der Waals surface area contributed by atoms with Crippen molar-refractivity contribution in [1.82, 2.24) is 15.0 Å². The Morgan fingerprint density at radius 2 is 1.20 bits per heavy atom. The van der Waals surface area contributed by atoms with E-state index >= 15 is 0 Å². The standard InChI is InChI=1S/C51H33N3OS/c1-2-11-30(12-3-1)49-52-50(33-23-26-47-42(29-33)39-17-8-9-20-46(39)56-47)54-51(53-49)40-18-10-19-45-48(40)43-28-32(22-25-44(43)55-45)31-21-24-38-36-15-5-4-13-34(36)35-14-6-7-16-37(35)41(38)27-31/h1-4,6-14,16-20,22-23,25-29H,5,15,21,24H2. The first-order valence-corrected chi connectivity index (χ1v) is 20.2. The Morgan fingerprint density at radius 1 is 0.482 bits per heavy atom. The lowest BCUT2D eigenvalue weighted by Gasteiger charge is -2.26. The first-order valence-electron chi connectivity index (χ1n) is 19.4. The number of hydrogen-bond donors (Lipinski definition) is 0. The number of benzene rings is 7. The summed E-state index contributed by atoms with van der Waals surface area (Å²) in [5.74, 6) is 1.91. The molecule has 0 bridgehead atoms. The average Bonchev–Trinajstić information content (AvgIpc) is 3.84. The topological polar surface area (TPSA) is 51.8 Å². The molecule has 0 aliphatic heterocycles. The summed E-state index contributed by atoms with van der Waals surface area (Å²) < 4.78 is 9.07. The molecule has 0 atom stereocenters. The molecule has 2 aliphatic rings. The molecule has 264 valence electrons. The lowest BCUT2D eigenvalue weighted by Crippen LogP contribution is -2.08. The molecule has 0 radical (unpaired) electrons. The Kier molecular flexibility index (Phi) is 7.02. The highest BCUT2D eigenvalue weighted by atomic mass is 32.1. The summed E-state index contributed by atoms with van der Waals surface area (Å²) in [4.78, 5) is 15.5. The first-order chi connectivity index (χ1) is 27.7. The molecule has 2 aliphatic carbocycles. The van der Waals surface area contributed by atoms with Gasteiger partial charge in [-0.05, 0) is 112 Å². The Labute approximate surface area is 327 Å². The van der Waals surface area contributed by atoms with Crippen LogP contribution in [0.2, 0.25) is 0 Å². The molecule has 7 aromatic carbocycles. The maximum atomic E-state index is 6.55. The zero-order chi connectivity index (χ0) is 36.7. The lowest BCUT2D eigenvalue weighted by molar-refractivity contribution is 0.669. The Bertz CT molecular complexity index is 3310. The molecule has 0 saturated heterocycles. The molecule has 3 heterocycles. The van der Waals surface area contributed by atoms with Crippen molar-refractivity contribution in [2.45, 2.75) is 25.7 Å². The molecule has 0 unspecified atom stereocenters. The quantitative estimate of drug-likeness (QED) is 0.181. The van der Waals surface area contributed by atoms with Crippen molar-refractivity contribution >= 4 is 81.9 Å². The van der Waals surface area contributed by atoms with Crippen molar-refractivity contribution in [3.63, 3.8) is 0 Å². The van der Waals surface area contributed by atoms with E-state index < -0.39 is 0 Å². The molecule has 10 aromatic rings. The summed E-state index contributed by atoms with van der Waals surface area (Å²) in [5.41, 5.74) is 12.9. The highest BCUT2D eigenvalue weighted by molar-refractivity contribution is 7.25. The van der Waals surface area contributed by atoms with Gasteiger partial charge in [0.2, 0.25) is 0 Å². The van der Waals surface area contributed by atoms with Gasteiger partial charge in [-0.2, -0.15) is 0 Å². The molecule has 3 aromatic heterocycles. The molecular formula is C51H33N3OS. The largest absolute Gasteiger partial charge is 0.456 e. The maximum absolute atomic E-state index is 6.55. The van der Waals surface area contributed by atoms with Crippen molar-refractivity contribution in [2.24, 2.45) is 0 Å². The second kappa shape index (κ2) is 12.4. The molecule has 56 heavy (non-hydrogen) atoms. The van der Waals surface area contributed by atoms with Gasteiger partial charge in [0.1, 0.15) is 11.2 Å². The Morgan fingerprint density at radius 3 is 2.09 bits per heavy atom. The van der Waals surface area contributed by atoms with Crippen LogP contribution in [-0.4, -0.2) is 15.0 Å². The molecule has 0 amide bonds. The highest BCUT2D eigenvalue weighted by Gasteiger charge is 2.24. The highest BCUT2D eigenvalue weighted by Crippen LogP contribution is 2.43. The van der Waals surface area contributed by atoms with Gasteiger partial charge >= 0.3 is 0 Å². The van der Waals surface area contributed by atoms with E-state index in [1.165, 1.54) is 64.3 Å². The zero-order valence-corrected chi connectivity index (χ0v) is 31.2. The van der Waals surface area contributed by atoms with Crippen LogP contribution in [0.5, 0.6) is 0 Å². The predicted octanol–water partition coefficient (Wildman–Crippen LogP) is 13.7. The number of thiophene rings is 1. The minimum absolute atomic E-state index is 0.624. The van der Waals surface area contributed by atoms with Gasteiger partial charge in [0, 0.05) is 47.6 Å². The van der Waals surface area contributed by atoms with Crippen molar-refractivity contribution in [2.75, 3.05) is 0 Å². The second-order valence-corrected chi connectivity index (χ2v) is 16.0. The third kappa shape index (κ3) is 4.94. The van der Waals surface area contributed by atoms with Crippen molar-refractivity contribution in [3.8, 4) is 34.2 Å². The van der Waals surface area contributed by atoms with Crippen LogP contribution >= 0.6 is 11.3 Å². The summed E-state index contributed by atoms with van der Waals surface area (Å²) in [6.07, 6.45) is 11.4. The van der Waals surface area contributed by atoms with Crippen molar-refractivity contribution in [3.05, 3.63) is 167 Å². The molecule has 4 nitrogen and oxygen atoms in total. The third-order valence-electron chi connectivity index (χ3n) is 11.7. The smallest absolute Gasteiger partial charge is 0.164 e. The number of fused-ring (bicyclic) bond motifs is 12. The number of allylic oxidation sites excluding steroid dienone is 2. The number of rotatable bonds is 4. The van der Waals surface area contributed by atoms with Crippen LogP contribution in [0, 0.1) is 0 Å². The van der Waals surface area contributed by atoms with Gasteiger partial charge in [-0.15, -0.1) is 11.3 Å². The number of nitrogens with zero attached hydrogens (tertiary/aromatic N) is 3. The van der Waals surface area contributed by atoms with Crippen LogP contribution in [0.15, 0.2) is 144 Å². The summed E-state index contributed by atoms with van der Waals surface area (Å²) in [7, 11) is 0. The van der Waals surface area contributed by atoms with E-state index in [-0.39, 0.29) is 0 Å². The van der Waals surface area contributed by atoms with E-state index in [1.807, 2.05) is 41.7 Å². The SMILES string of the molecule is C1=Cc2c(c3c(c4ccccc24)C=C(c2ccc4oc5cccc(-c6nc(-c7ccccc7)nc(-c7ccc8sc9ccccc9c8c7)n6)c5c4c2)CC3)CC1. The van der Waals surface area contributed by atoms with E-state index in [1.54, 1.807) is 0 Å². The van der Waals surface area contributed by atoms with Gasteiger partial charge < -0.3 is 4.42 Å². The Balaban J connectivity index is 1.03. The monoisotopic (exact) mass is 735 g/mol. The zero-order valence-electron chi connectivity index (χ0n) is 30.4. The predicted molar refractivity (Wildman–Crippen MR) is 234 cm³/mol. The minimum Gasteiger partial charge on any atom is -0.456 e. The first kappa shape index (κ1) is 31.6. The fourth-order valence-electron chi connectivity index (χ4n) is 9.11. The fourth-order valence-corrected chi connectivity index (χ4v) is 10.2. The minimum atomic E-state index is 0.624. The van der Waals surface area contributed by atoms with Crippen LogP contribution in [0.3, 0.4) is 0 Å². The molecular weight excluding hydrogens is 703 g/mol. The van der Waals surface area contributed by atoms with Crippen LogP contribution < -0.4 is 0 Å². The normalized spacial score (nSPS) is 13.8. The third-order valence-corrected chi connectivity index (χ3v) is 12.9. The van der Waals surface area contributed by atoms with E-state index in [4.69, 9.17) is 19.4 Å². The maximum Gasteiger partial charge on any atom is 0.164 e. The van der Waals surface area contributed by atoms with E-state index in [0.717, 1.165) is 64.3 Å². The molecule has 0 spiro atoms. The van der Waals surface area contributed by atoms with Crippen LogP contribution in [0.1, 0.15) is 40.7 Å². The summed E-state index contributed by atoms with van der Waals surface area (Å²) in [5, 5.41) is 7.24. The van der Waals surface area contributed by atoms with E-state index in [0.29, 0.717) is 17.5 Å². The van der Waals surface area contributed by atoms with Gasteiger partial charge in [-0.3, -0.25) is 0 Å². The summed E-state index contributed by atoms with van der Waals surface area (Å²) >= 11 is 1.81. The van der Waals surface area contributed by atoms with Gasteiger partial charge in [-0.1, -0.05) is 109 Å². The number of hydrogen-bond acceptors (Lipinski definition) is 5. The molecule has 0 fully saturated rings. The van der Waals surface area contributed by atoms with Crippen molar-refractivity contribution < 1.29 is 4.42 Å².